The monoisotopic (exact) mass is 217 g/mol. The number of benzene rings is 1. The molecule has 1 aromatic carbocycles. The fourth-order valence-electron chi connectivity index (χ4n) is 1.56. The molecule has 0 bridgehead atoms. The Labute approximate surface area is 93.8 Å². The quantitative estimate of drug-likeness (QED) is 0.724. The number of hydrogen-bond donors (Lipinski definition) is 3. The van der Waals surface area contributed by atoms with Crippen molar-refractivity contribution in [3.63, 3.8) is 0 Å². The van der Waals surface area contributed by atoms with Gasteiger partial charge in [-0.2, -0.15) is 0 Å². The first-order chi connectivity index (χ1) is 7.70. The van der Waals surface area contributed by atoms with Gasteiger partial charge in [0.05, 0.1) is 0 Å². The highest BCUT2D eigenvalue weighted by atomic mass is 16.1. The summed E-state index contributed by atoms with van der Waals surface area (Å²) in [6, 6.07) is 7.51. The number of nitrogens with one attached hydrogen (secondary N) is 2. The van der Waals surface area contributed by atoms with Gasteiger partial charge in [0, 0.05) is 35.2 Å². The van der Waals surface area contributed by atoms with Crippen molar-refractivity contribution in [2.45, 2.75) is 13.0 Å². The van der Waals surface area contributed by atoms with Crippen LogP contribution in [0.5, 0.6) is 0 Å². The van der Waals surface area contributed by atoms with Crippen LogP contribution >= 0.6 is 0 Å². The smallest absolute Gasteiger partial charge is 0.251 e. The first kappa shape index (κ1) is 10.7. The second-order valence-electron chi connectivity index (χ2n) is 3.89. The molecule has 0 aliphatic rings. The van der Waals surface area contributed by atoms with Crippen LogP contribution in [-0.2, 0) is 0 Å². The number of aromatic amines is 1. The van der Waals surface area contributed by atoms with E-state index in [9.17, 15) is 4.79 Å². The zero-order chi connectivity index (χ0) is 11.5. The predicted octanol–water partition coefficient (Wildman–Crippen LogP) is 1.24. The zero-order valence-corrected chi connectivity index (χ0v) is 9.16. The summed E-state index contributed by atoms with van der Waals surface area (Å²) < 4.78 is 0. The summed E-state index contributed by atoms with van der Waals surface area (Å²) in [5, 5.41) is 3.86. The molecule has 0 aliphatic heterocycles. The Morgan fingerprint density at radius 1 is 1.50 bits per heavy atom. The number of amides is 1. The molecule has 0 aliphatic carbocycles. The summed E-state index contributed by atoms with van der Waals surface area (Å²) in [5.74, 6) is -0.0824. The Bertz CT molecular complexity index is 504. The van der Waals surface area contributed by atoms with E-state index < -0.39 is 0 Å². The number of hydrogen-bond acceptors (Lipinski definition) is 2. The lowest BCUT2D eigenvalue weighted by Gasteiger charge is -2.11. The Morgan fingerprint density at radius 3 is 3.06 bits per heavy atom. The Morgan fingerprint density at radius 2 is 2.31 bits per heavy atom. The van der Waals surface area contributed by atoms with Gasteiger partial charge in [0.25, 0.3) is 5.91 Å². The van der Waals surface area contributed by atoms with Gasteiger partial charge in [-0.3, -0.25) is 4.79 Å². The van der Waals surface area contributed by atoms with E-state index in [1.54, 1.807) is 6.07 Å². The molecule has 84 valence electrons. The first-order valence-electron chi connectivity index (χ1n) is 5.29. The van der Waals surface area contributed by atoms with Gasteiger partial charge in [-0.05, 0) is 31.2 Å². The van der Waals surface area contributed by atoms with Crippen molar-refractivity contribution in [2.75, 3.05) is 6.54 Å². The van der Waals surface area contributed by atoms with E-state index in [4.69, 9.17) is 5.73 Å². The summed E-state index contributed by atoms with van der Waals surface area (Å²) >= 11 is 0. The van der Waals surface area contributed by atoms with Gasteiger partial charge < -0.3 is 16.0 Å². The molecule has 0 saturated heterocycles. The molecule has 16 heavy (non-hydrogen) atoms. The zero-order valence-electron chi connectivity index (χ0n) is 9.16. The third kappa shape index (κ3) is 2.06. The van der Waals surface area contributed by atoms with Crippen molar-refractivity contribution in [1.29, 1.82) is 0 Å². The van der Waals surface area contributed by atoms with Crippen molar-refractivity contribution < 1.29 is 4.79 Å². The van der Waals surface area contributed by atoms with Crippen LogP contribution in [0.2, 0.25) is 0 Å². The molecular formula is C12H15N3O. The summed E-state index contributed by atoms with van der Waals surface area (Å²) in [5.41, 5.74) is 7.14. The van der Waals surface area contributed by atoms with Crippen molar-refractivity contribution in [1.82, 2.24) is 10.3 Å². The molecular weight excluding hydrogens is 202 g/mol. The molecule has 1 amide bonds. The van der Waals surface area contributed by atoms with Crippen LogP contribution in [0.15, 0.2) is 30.5 Å². The minimum atomic E-state index is -0.0824. The molecule has 0 radical (unpaired) electrons. The number of fused-ring (bicyclic) bond motifs is 1. The molecule has 1 heterocycles. The lowest BCUT2D eigenvalue weighted by Crippen LogP contribution is -2.37. The third-order valence-electron chi connectivity index (χ3n) is 2.55. The van der Waals surface area contributed by atoms with E-state index in [2.05, 4.69) is 10.3 Å². The van der Waals surface area contributed by atoms with Crippen LogP contribution in [0.1, 0.15) is 17.3 Å². The maximum Gasteiger partial charge on any atom is 0.251 e. The average molecular weight is 217 g/mol. The SMILES string of the molecule is C[C@H](CN)NC(=O)c1ccc2[nH]ccc2c1. The van der Waals surface area contributed by atoms with Gasteiger partial charge in [-0.1, -0.05) is 0 Å². The van der Waals surface area contributed by atoms with Crippen molar-refractivity contribution in [2.24, 2.45) is 5.73 Å². The van der Waals surface area contributed by atoms with Gasteiger partial charge >= 0.3 is 0 Å². The molecule has 0 unspecified atom stereocenters. The average Bonchev–Trinajstić information content (AvgIpc) is 2.75. The Balaban J connectivity index is 2.22. The van der Waals surface area contributed by atoms with Crippen molar-refractivity contribution in [3.05, 3.63) is 36.0 Å². The van der Waals surface area contributed by atoms with Crippen LogP contribution in [0.25, 0.3) is 10.9 Å². The predicted molar refractivity (Wildman–Crippen MR) is 64.3 cm³/mol. The third-order valence-corrected chi connectivity index (χ3v) is 2.55. The standard InChI is InChI=1S/C12H15N3O/c1-8(7-13)15-12(16)10-2-3-11-9(6-10)4-5-14-11/h2-6,8,14H,7,13H2,1H3,(H,15,16)/t8-/m1/s1. The molecule has 4 heteroatoms. The van der Waals surface area contributed by atoms with Gasteiger partial charge in [0.15, 0.2) is 0 Å². The summed E-state index contributed by atoms with van der Waals surface area (Å²) in [6.45, 7) is 2.32. The number of rotatable bonds is 3. The minimum Gasteiger partial charge on any atom is -0.361 e. The van der Waals surface area contributed by atoms with Crippen LogP contribution in [0, 0.1) is 0 Å². The fourth-order valence-corrected chi connectivity index (χ4v) is 1.56. The lowest BCUT2D eigenvalue weighted by molar-refractivity contribution is 0.0941. The van der Waals surface area contributed by atoms with E-state index in [1.165, 1.54) is 0 Å². The van der Waals surface area contributed by atoms with Crippen LogP contribution in [0.4, 0.5) is 0 Å². The molecule has 0 spiro atoms. The van der Waals surface area contributed by atoms with Crippen LogP contribution in [0.3, 0.4) is 0 Å². The highest BCUT2D eigenvalue weighted by Crippen LogP contribution is 2.14. The highest BCUT2D eigenvalue weighted by molar-refractivity contribution is 5.98. The largest absolute Gasteiger partial charge is 0.361 e. The molecule has 1 atom stereocenters. The maximum absolute atomic E-state index is 11.8. The normalized spacial score (nSPS) is 12.6. The molecule has 1 aromatic heterocycles. The van der Waals surface area contributed by atoms with E-state index >= 15 is 0 Å². The van der Waals surface area contributed by atoms with Crippen LogP contribution < -0.4 is 11.1 Å². The number of H-pyrrole nitrogens is 1. The number of aromatic nitrogens is 1. The first-order valence-corrected chi connectivity index (χ1v) is 5.29. The number of nitrogens with two attached hydrogens (primary N) is 1. The Hall–Kier alpha value is -1.81. The van der Waals surface area contributed by atoms with Crippen molar-refractivity contribution in [3.8, 4) is 0 Å². The number of carbonyl (C=O) groups excluding carboxylic acids is 1. The minimum absolute atomic E-state index is 0.00517. The Kier molecular flexibility index (Phi) is 2.92. The van der Waals surface area contributed by atoms with Gasteiger partial charge in [-0.15, -0.1) is 0 Å². The topological polar surface area (TPSA) is 70.9 Å². The fraction of sp³-hybridized carbons (Fsp3) is 0.250. The van der Waals surface area contributed by atoms with Crippen LogP contribution in [-0.4, -0.2) is 23.5 Å². The summed E-state index contributed by atoms with van der Waals surface area (Å²) in [4.78, 5) is 14.9. The molecule has 4 N–H and O–H groups in total. The molecule has 0 saturated carbocycles. The second-order valence-corrected chi connectivity index (χ2v) is 3.89. The van der Waals surface area contributed by atoms with E-state index in [0.29, 0.717) is 12.1 Å². The van der Waals surface area contributed by atoms with Gasteiger partial charge in [0.1, 0.15) is 0 Å². The molecule has 0 fully saturated rings. The van der Waals surface area contributed by atoms with Gasteiger partial charge in [0.2, 0.25) is 0 Å². The maximum atomic E-state index is 11.8. The highest BCUT2D eigenvalue weighted by Gasteiger charge is 2.08. The lowest BCUT2D eigenvalue weighted by atomic mass is 10.1. The number of carbonyl (C=O) groups is 1. The van der Waals surface area contributed by atoms with E-state index in [0.717, 1.165) is 10.9 Å². The van der Waals surface area contributed by atoms with E-state index in [-0.39, 0.29) is 11.9 Å². The van der Waals surface area contributed by atoms with Crippen molar-refractivity contribution >= 4 is 16.8 Å². The molecule has 2 aromatic rings. The summed E-state index contributed by atoms with van der Waals surface area (Å²) in [7, 11) is 0. The van der Waals surface area contributed by atoms with Gasteiger partial charge in [-0.25, -0.2) is 0 Å². The molecule has 4 nitrogen and oxygen atoms in total. The van der Waals surface area contributed by atoms with E-state index in [1.807, 2.05) is 31.3 Å². The summed E-state index contributed by atoms with van der Waals surface area (Å²) in [6.07, 6.45) is 1.86. The second kappa shape index (κ2) is 4.37. The molecule has 2 rings (SSSR count).